The highest BCUT2D eigenvalue weighted by Crippen LogP contribution is 2.49. The van der Waals surface area contributed by atoms with Crippen molar-refractivity contribution in [2.45, 2.75) is 32.1 Å². The number of nitrogens with one attached hydrogen (secondary N) is 1. The number of nitrogen functional groups attached to an aromatic ring is 1. The summed E-state index contributed by atoms with van der Waals surface area (Å²) in [6.45, 7) is 9.05. The Morgan fingerprint density at radius 2 is 2.03 bits per heavy atom. The minimum absolute atomic E-state index is 0.166. The van der Waals surface area contributed by atoms with E-state index in [-0.39, 0.29) is 5.41 Å². The lowest BCUT2D eigenvalue weighted by Gasteiger charge is -2.39. The molecule has 1 aromatic heterocycles. The van der Waals surface area contributed by atoms with Gasteiger partial charge in [0.2, 0.25) is 0 Å². The maximum absolute atomic E-state index is 9.14. The Bertz CT molecular complexity index is 954. The van der Waals surface area contributed by atoms with E-state index in [2.05, 4.69) is 64.2 Å². The van der Waals surface area contributed by atoms with Crippen molar-refractivity contribution in [2.75, 3.05) is 55.3 Å². The number of aromatic nitrogens is 2. The van der Waals surface area contributed by atoms with E-state index in [9.17, 15) is 0 Å². The number of nitrogens with two attached hydrogens (primary N) is 1. The van der Waals surface area contributed by atoms with Gasteiger partial charge in [0.1, 0.15) is 12.1 Å². The quantitative estimate of drug-likeness (QED) is 0.826. The van der Waals surface area contributed by atoms with Crippen molar-refractivity contribution in [3.05, 3.63) is 29.6 Å². The van der Waals surface area contributed by atoms with Gasteiger partial charge in [-0.15, -0.1) is 0 Å². The molecular formula is C22H29N7. The van der Waals surface area contributed by atoms with E-state index in [0.29, 0.717) is 18.8 Å². The normalized spacial score (nSPS) is 17.2. The molecule has 2 heterocycles. The molecule has 152 valence electrons. The van der Waals surface area contributed by atoms with Crippen LogP contribution in [0.15, 0.2) is 18.5 Å². The van der Waals surface area contributed by atoms with Crippen molar-refractivity contribution in [2.24, 2.45) is 0 Å². The summed E-state index contributed by atoms with van der Waals surface area (Å²) in [4.78, 5) is 13.6. The van der Waals surface area contributed by atoms with Crippen LogP contribution in [0.1, 0.15) is 31.4 Å². The lowest BCUT2D eigenvalue weighted by atomic mass is 9.71. The zero-order valence-corrected chi connectivity index (χ0v) is 17.5. The highest BCUT2D eigenvalue weighted by Gasteiger charge is 2.37. The molecule has 4 rings (SSSR count). The molecule has 0 amide bonds. The second-order valence-corrected chi connectivity index (χ2v) is 8.57. The van der Waals surface area contributed by atoms with Crippen LogP contribution in [0, 0.1) is 11.3 Å². The van der Waals surface area contributed by atoms with E-state index >= 15 is 0 Å². The second-order valence-electron chi connectivity index (χ2n) is 8.57. The average Bonchev–Trinajstić information content (AvgIpc) is 2.71. The Morgan fingerprint density at radius 3 is 2.76 bits per heavy atom. The van der Waals surface area contributed by atoms with Crippen molar-refractivity contribution >= 4 is 17.2 Å². The lowest BCUT2D eigenvalue weighted by molar-refractivity contribution is 0.514. The molecular weight excluding hydrogens is 362 g/mol. The van der Waals surface area contributed by atoms with Gasteiger partial charge < -0.3 is 20.9 Å². The van der Waals surface area contributed by atoms with Gasteiger partial charge in [0, 0.05) is 50.9 Å². The van der Waals surface area contributed by atoms with E-state index in [1.807, 2.05) is 0 Å². The van der Waals surface area contributed by atoms with Crippen LogP contribution in [0.25, 0.3) is 11.3 Å². The van der Waals surface area contributed by atoms with Gasteiger partial charge in [-0.05, 0) is 23.5 Å². The first-order valence-electron chi connectivity index (χ1n) is 10.2. The fourth-order valence-electron chi connectivity index (χ4n) is 4.74. The first-order chi connectivity index (χ1) is 13.9. The maximum atomic E-state index is 9.14. The molecule has 1 saturated heterocycles. The summed E-state index contributed by atoms with van der Waals surface area (Å²) < 4.78 is 0. The number of piperazine rings is 1. The minimum atomic E-state index is -0.166. The molecule has 3 N–H and O–H groups in total. The monoisotopic (exact) mass is 391 g/mol. The Morgan fingerprint density at radius 1 is 1.28 bits per heavy atom. The van der Waals surface area contributed by atoms with Gasteiger partial charge in [0.15, 0.2) is 0 Å². The largest absolute Gasteiger partial charge is 0.383 e. The van der Waals surface area contributed by atoms with Crippen LogP contribution in [-0.4, -0.2) is 49.7 Å². The van der Waals surface area contributed by atoms with Crippen molar-refractivity contribution in [1.82, 2.24) is 15.3 Å². The molecule has 29 heavy (non-hydrogen) atoms. The first kappa shape index (κ1) is 19.5. The Kier molecular flexibility index (Phi) is 5.05. The number of rotatable bonds is 4. The first-order valence-corrected chi connectivity index (χ1v) is 10.2. The number of nitriles is 1. The van der Waals surface area contributed by atoms with Crippen LogP contribution in [0.3, 0.4) is 0 Å². The van der Waals surface area contributed by atoms with Gasteiger partial charge >= 0.3 is 0 Å². The van der Waals surface area contributed by atoms with Crippen LogP contribution < -0.4 is 20.9 Å². The fraction of sp³-hybridized carbons (Fsp3) is 0.500. The third-order valence-electron chi connectivity index (χ3n) is 6.09. The zero-order valence-electron chi connectivity index (χ0n) is 17.5. The SMILES string of the molecule is CN(CCC#N)c1c(N2CCNCC2)ccc2c1CC(C)(C)c1c(N)ncnc1-2. The second kappa shape index (κ2) is 7.53. The molecule has 1 aromatic carbocycles. The Balaban J connectivity index is 1.92. The van der Waals surface area contributed by atoms with Crippen LogP contribution in [0.5, 0.6) is 0 Å². The topological polar surface area (TPSA) is 94.1 Å². The molecule has 0 radical (unpaired) electrons. The van der Waals surface area contributed by atoms with Crippen molar-refractivity contribution in [1.29, 1.82) is 5.26 Å². The third-order valence-corrected chi connectivity index (χ3v) is 6.09. The van der Waals surface area contributed by atoms with Crippen LogP contribution in [0.4, 0.5) is 17.2 Å². The number of benzene rings is 1. The summed E-state index contributed by atoms with van der Waals surface area (Å²) in [6, 6.07) is 6.68. The predicted molar refractivity (Wildman–Crippen MR) is 117 cm³/mol. The zero-order chi connectivity index (χ0) is 20.6. The van der Waals surface area contributed by atoms with E-state index in [0.717, 1.165) is 49.4 Å². The summed E-state index contributed by atoms with van der Waals surface area (Å²) in [7, 11) is 2.09. The molecule has 1 aliphatic carbocycles. The highest BCUT2D eigenvalue weighted by molar-refractivity contribution is 5.87. The molecule has 2 aliphatic rings. The Labute approximate surface area is 172 Å². The van der Waals surface area contributed by atoms with E-state index in [1.165, 1.54) is 16.9 Å². The summed E-state index contributed by atoms with van der Waals surface area (Å²) in [5.41, 5.74) is 13.0. The minimum Gasteiger partial charge on any atom is -0.383 e. The molecule has 1 aliphatic heterocycles. The van der Waals surface area contributed by atoms with Crippen LogP contribution >= 0.6 is 0 Å². The van der Waals surface area contributed by atoms with E-state index in [4.69, 9.17) is 11.0 Å². The van der Waals surface area contributed by atoms with Crippen molar-refractivity contribution < 1.29 is 0 Å². The molecule has 7 heteroatoms. The number of anilines is 3. The highest BCUT2D eigenvalue weighted by atomic mass is 15.2. The summed E-state index contributed by atoms with van der Waals surface area (Å²) >= 11 is 0. The van der Waals surface area contributed by atoms with Crippen LogP contribution in [0.2, 0.25) is 0 Å². The average molecular weight is 392 g/mol. The smallest absolute Gasteiger partial charge is 0.131 e. The fourth-order valence-corrected chi connectivity index (χ4v) is 4.74. The van der Waals surface area contributed by atoms with Crippen molar-refractivity contribution in [3.63, 3.8) is 0 Å². The number of nitrogens with zero attached hydrogens (tertiary/aromatic N) is 5. The van der Waals surface area contributed by atoms with E-state index in [1.54, 1.807) is 6.33 Å². The lowest BCUT2D eigenvalue weighted by Crippen LogP contribution is -2.44. The maximum Gasteiger partial charge on any atom is 0.131 e. The van der Waals surface area contributed by atoms with Gasteiger partial charge in [-0.3, -0.25) is 0 Å². The molecule has 0 atom stereocenters. The number of hydrogen-bond acceptors (Lipinski definition) is 7. The molecule has 0 spiro atoms. The number of fused-ring (bicyclic) bond motifs is 3. The summed E-state index contributed by atoms with van der Waals surface area (Å²) in [5, 5.41) is 12.6. The summed E-state index contributed by atoms with van der Waals surface area (Å²) in [6.07, 6.45) is 2.91. The molecule has 1 fully saturated rings. The number of hydrogen-bond donors (Lipinski definition) is 2. The molecule has 2 aromatic rings. The summed E-state index contributed by atoms with van der Waals surface area (Å²) in [5.74, 6) is 0.566. The third kappa shape index (κ3) is 3.38. The standard InChI is InChI=1S/C22H29N7/c1-22(2)13-16-15(19-18(22)21(24)27-14-26-19)5-6-17(29-11-8-25-9-12-29)20(16)28(3)10-4-7-23/h5-6,14,25H,4,8-13H2,1-3H3,(H2,24,26,27). The van der Waals surface area contributed by atoms with Gasteiger partial charge in [-0.1, -0.05) is 19.9 Å². The van der Waals surface area contributed by atoms with Gasteiger partial charge in [0.05, 0.1) is 29.6 Å². The van der Waals surface area contributed by atoms with E-state index < -0.39 is 0 Å². The van der Waals surface area contributed by atoms with Crippen molar-refractivity contribution in [3.8, 4) is 17.3 Å². The van der Waals surface area contributed by atoms with Crippen LogP contribution in [-0.2, 0) is 11.8 Å². The van der Waals surface area contributed by atoms with Gasteiger partial charge in [-0.2, -0.15) is 5.26 Å². The van der Waals surface area contributed by atoms with Gasteiger partial charge in [0.25, 0.3) is 0 Å². The molecule has 7 nitrogen and oxygen atoms in total. The molecule has 0 saturated carbocycles. The molecule has 0 unspecified atom stereocenters. The predicted octanol–water partition coefficient (Wildman–Crippen LogP) is 2.32. The van der Waals surface area contributed by atoms with Gasteiger partial charge in [-0.25, -0.2) is 9.97 Å². The Hall–Kier alpha value is -2.85. The molecule has 0 bridgehead atoms.